The van der Waals surface area contributed by atoms with Crippen LogP contribution in [0.25, 0.3) is 11.2 Å². The summed E-state index contributed by atoms with van der Waals surface area (Å²) >= 11 is 9.39. The van der Waals surface area contributed by atoms with Crippen LogP contribution in [0.4, 0.5) is 5.95 Å². The van der Waals surface area contributed by atoms with Crippen molar-refractivity contribution in [1.82, 2.24) is 18.7 Å². The summed E-state index contributed by atoms with van der Waals surface area (Å²) in [7, 11) is 3.03. The summed E-state index contributed by atoms with van der Waals surface area (Å²) in [5.41, 5.74) is 4.43. The Bertz CT molecular complexity index is 1400. The molecule has 2 aromatic carbocycles. The van der Waals surface area contributed by atoms with Crippen LogP contribution in [0.2, 0.25) is 5.02 Å². The Labute approximate surface area is 190 Å². The van der Waals surface area contributed by atoms with E-state index in [0.717, 1.165) is 20.2 Å². The van der Waals surface area contributed by atoms with E-state index in [1.54, 1.807) is 30.0 Å². The van der Waals surface area contributed by atoms with Gasteiger partial charge in [-0.3, -0.25) is 18.5 Å². The number of rotatable bonds is 5. The summed E-state index contributed by atoms with van der Waals surface area (Å²) in [6.07, 6.45) is 1.65. The van der Waals surface area contributed by atoms with Crippen molar-refractivity contribution in [2.24, 2.45) is 19.2 Å². The summed E-state index contributed by atoms with van der Waals surface area (Å²) < 4.78 is 5.09. The molecule has 0 aliphatic rings. The highest BCUT2D eigenvalue weighted by Gasteiger charge is 2.19. The zero-order valence-corrected chi connectivity index (χ0v) is 19.1. The molecule has 2 heterocycles. The van der Waals surface area contributed by atoms with E-state index in [-0.39, 0.29) is 5.65 Å². The van der Waals surface area contributed by atoms with Crippen molar-refractivity contribution in [3.63, 3.8) is 0 Å². The predicted octanol–water partition coefficient (Wildman–Crippen LogP) is 3.34. The van der Waals surface area contributed by atoms with Crippen LogP contribution in [-0.2, 0) is 20.6 Å². The second kappa shape index (κ2) is 8.52. The van der Waals surface area contributed by atoms with Gasteiger partial charge in [-0.2, -0.15) is 10.1 Å². The average Bonchev–Trinajstić information content (AvgIpc) is 3.12. The second-order valence-electron chi connectivity index (χ2n) is 6.95. The molecule has 0 fully saturated rings. The van der Waals surface area contributed by atoms with Crippen molar-refractivity contribution >= 4 is 50.9 Å². The summed E-state index contributed by atoms with van der Waals surface area (Å²) in [6, 6.07) is 14.9. The minimum Gasteiger partial charge on any atom is -0.298 e. The zero-order chi connectivity index (χ0) is 22.1. The van der Waals surface area contributed by atoms with Crippen LogP contribution < -0.4 is 16.7 Å². The van der Waals surface area contributed by atoms with Crippen molar-refractivity contribution < 1.29 is 0 Å². The molecule has 0 unspecified atom stereocenters. The second-order valence-corrected chi connectivity index (χ2v) is 8.30. The van der Waals surface area contributed by atoms with E-state index in [1.807, 2.05) is 36.4 Å². The maximum Gasteiger partial charge on any atom is 0.332 e. The van der Waals surface area contributed by atoms with Crippen molar-refractivity contribution in [1.29, 1.82) is 0 Å². The smallest absolute Gasteiger partial charge is 0.298 e. The molecule has 1 N–H and O–H groups in total. The largest absolute Gasteiger partial charge is 0.332 e. The number of halogens is 2. The highest BCUT2D eigenvalue weighted by molar-refractivity contribution is 9.10. The summed E-state index contributed by atoms with van der Waals surface area (Å²) in [5, 5.41) is 4.89. The first kappa shape index (κ1) is 21.1. The Hall–Kier alpha value is -3.17. The number of hydrogen-bond acceptors (Lipinski definition) is 5. The lowest BCUT2D eigenvalue weighted by molar-refractivity contribution is 0.702. The van der Waals surface area contributed by atoms with Gasteiger partial charge in [0.05, 0.1) is 12.8 Å². The van der Waals surface area contributed by atoms with Crippen LogP contribution in [0.3, 0.4) is 0 Å². The van der Waals surface area contributed by atoms with E-state index in [4.69, 9.17) is 11.6 Å². The van der Waals surface area contributed by atoms with Crippen LogP contribution in [0.1, 0.15) is 11.1 Å². The fraction of sp³-hybridized carbons (Fsp3) is 0.143. The molecule has 31 heavy (non-hydrogen) atoms. The van der Waals surface area contributed by atoms with Gasteiger partial charge in [0.25, 0.3) is 5.56 Å². The van der Waals surface area contributed by atoms with Crippen molar-refractivity contribution in [3.05, 3.63) is 90.0 Å². The molecule has 0 aliphatic carbocycles. The summed E-state index contributed by atoms with van der Waals surface area (Å²) in [4.78, 5) is 29.7. The molecule has 0 saturated heterocycles. The van der Waals surface area contributed by atoms with Crippen LogP contribution in [0.5, 0.6) is 0 Å². The highest BCUT2D eigenvalue weighted by atomic mass is 79.9. The molecule has 0 saturated carbocycles. The Morgan fingerprint density at radius 3 is 2.42 bits per heavy atom. The predicted molar refractivity (Wildman–Crippen MR) is 126 cm³/mol. The highest BCUT2D eigenvalue weighted by Crippen LogP contribution is 2.19. The third-order valence-electron chi connectivity index (χ3n) is 4.85. The van der Waals surface area contributed by atoms with Crippen LogP contribution >= 0.6 is 27.5 Å². The number of nitrogens with one attached hydrogen (secondary N) is 1. The topological polar surface area (TPSA) is 86.2 Å². The maximum atomic E-state index is 12.9. The van der Waals surface area contributed by atoms with Gasteiger partial charge < -0.3 is 0 Å². The normalized spacial score (nSPS) is 11.5. The lowest BCUT2D eigenvalue weighted by Crippen LogP contribution is -2.37. The van der Waals surface area contributed by atoms with Gasteiger partial charge in [0, 0.05) is 23.6 Å². The number of nitrogens with zero attached hydrogens (tertiary/aromatic N) is 5. The lowest BCUT2D eigenvalue weighted by atomic mass is 10.2. The van der Waals surface area contributed by atoms with E-state index in [2.05, 4.69) is 31.4 Å². The lowest BCUT2D eigenvalue weighted by Gasteiger charge is -2.09. The average molecular weight is 502 g/mol. The number of fused-ring (bicyclic) bond motifs is 1. The molecular formula is C21H18BrClN6O2. The Balaban J connectivity index is 1.80. The van der Waals surface area contributed by atoms with Gasteiger partial charge in [0.1, 0.15) is 0 Å². The molecule has 2 aromatic heterocycles. The first-order chi connectivity index (χ1) is 14.8. The minimum atomic E-state index is -0.446. The molecule has 0 bridgehead atoms. The first-order valence-electron chi connectivity index (χ1n) is 9.30. The molecular weight excluding hydrogens is 484 g/mol. The molecule has 0 radical (unpaired) electrons. The first-order valence-corrected chi connectivity index (χ1v) is 10.5. The van der Waals surface area contributed by atoms with E-state index >= 15 is 0 Å². The Morgan fingerprint density at radius 1 is 1.06 bits per heavy atom. The fourth-order valence-electron chi connectivity index (χ4n) is 3.17. The van der Waals surface area contributed by atoms with Crippen LogP contribution in [0.15, 0.2) is 67.7 Å². The zero-order valence-electron chi connectivity index (χ0n) is 16.7. The molecule has 0 amide bonds. The van der Waals surface area contributed by atoms with Gasteiger partial charge >= 0.3 is 5.69 Å². The van der Waals surface area contributed by atoms with E-state index in [1.165, 1.54) is 11.6 Å². The van der Waals surface area contributed by atoms with Gasteiger partial charge in [-0.05, 0) is 35.4 Å². The number of aryl methyl sites for hydroxylation is 1. The van der Waals surface area contributed by atoms with Gasteiger partial charge in [-0.15, -0.1) is 0 Å². The molecule has 0 aliphatic heterocycles. The molecule has 158 valence electrons. The van der Waals surface area contributed by atoms with Gasteiger partial charge in [0.15, 0.2) is 11.2 Å². The van der Waals surface area contributed by atoms with Gasteiger partial charge in [0.2, 0.25) is 5.95 Å². The third-order valence-corrected chi connectivity index (χ3v) is 5.63. The van der Waals surface area contributed by atoms with Crippen LogP contribution in [0, 0.1) is 0 Å². The number of hydrazone groups is 1. The number of anilines is 1. The number of imidazole rings is 1. The van der Waals surface area contributed by atoms with Crippen LogP contribution in [-0.4, -0.2) is 24.9 Å². The Morgan fingerprint density at radius 2 is 1.74 bits per heavy atom. The third kappa shape index (κ3) is 4.19. The van der Waals surface area contributed by atoms with E-state index < -0.39 is 11.2 Å². The van der Waals surface area contributed by atoms with E-state index in [9.17, 15) is 9.59 Å². The molecule has 8 nitrogen and oxygen atoms in total. The molecule has 0 spiro atoms. The summed E-state index contributed by atoms with van der Waals surface area (Å²) in [6.45, 7) is 0.344. The minimum absolute atomic E-state index is 0.281. The number of benzene rings is 2. The van der Waals surface area contributed by atoms with Crippen molar-refractivity contribution in [2.75, 3.05) is 5.43 Å². The van der Waals surface area contributed by atoms with Crippen molar-refractivity contribution in [3.8, 4) is 0 Å². The molecule has 4 rings (SSSR count). The number of hydrogen-bond donors (Lipinski definition) is 1. The summed E-state index contributed by atoms with van der Waals surface area (Å²) in [5.74, 6) is 0.344. The fourth-order valence-corrected chi connectivity index (χ4v) is 3.56. The quantitative estimate of drug-likeness (QED) is 0.336. The number of aromatic nitrogens is 4. The molecule has 0 atom stereocenters. The Kier molecular flexibility index (Phi) is 5.79. The molecule has 10 heteroatoms. The van der Waals surface area contributed by atoms with Gasteiger partial charge in [-0.25, -0.2) is 10.2 Å². The SMILES string of the molecule is Cn1c(=O)c2c(nc(NN=Cc3ccc(Br)cc3)n2Cc2ccc(Cl)cc2)n(C)c1=O. The van der Waals surface area contributed by atoms with Gasteiger partial charge in [-0.1, -0.05) is 51.8 Å². The monoisotopic (exact) mass is 500 g/mol. The molecule has 4 aromatic rings. The van der Waals surface area contributed by atoms with Crippen molar-refractivity contribution in [2.45, 2.75) is 6.54 Å². The maximum absolute atomic E-state index is 12.9. The standard InChI is InChI=1S/C21H18BrClN6O2/c1-27-18-17(19(30)28(2)21(27)31)29(12-14-5-9-16(23)10-6-14)20(25-18)26-24-11-13-3-7-15(22)8-4-13/h3-11H,12H2,1-2H3,(H,25,26). The van der Waals surface area contributed by atoms with E-state index in [0.29, 0.717) is 23.0 Å².